The lowest BCUT2D eigenvalue weighted by Crippen LogP contribution is -2.47. The Labute approximate surface area is 314 Å². The van der Waals surface area contributed by atoms with Crippen LogP contribution in [0, 0.1) is 11.3 Å². The van der Waals surface area contributed by atoms with Crippen LogP contribution >= 0.6 is 15.9 Å². The molecule has 12 nitrogen and oxygen atoms in total. The summed E-state index contributed by atoms with van der Waals surface area (Å²) in [7, 11) is -3.84. The van der Waals surface area contributed by atoms with Gasteiger partial charge in [0, 0.05) is 77.9 Å². The smallest absolute Gasteiger partial charge is 0.251 e. The third-order valence-corrected chi connectivity index (χ3v) is 11.3. The molecule has 0 spiro atoms. The van der Waals surface area contributed by atoms with Crippen molar-refractivity contribution in [2.45, 2.75) is 70.5 Å². The van der Waals surface area contributed by atoms with Crippen molar-refractivity contribution in [3.8, 4) is 0 Å². The molecule has 2 aromatic carbocycles. The van der Waals surface area contributed by atoms with E-state index >= 15 is 0 Å². The first-order valence-corrected chi connectivity index (χ1v) is 20.0. The average molecular weight is 793 g/mol. The van der Waals surface area contributed by atoms with Gasteiger partial charge < -0.3 is 21.4 Å². The zero-order valence-electron chi connectivity index (χ0n) is 29.5. The molecule has 1 aliphatic heterocycles. The molecule has 2 heterocycles. The van der Waals surface area contributed by atoms with Gasteiger partial charge >= 0.3 is 0 Å². The molecule has 52 heavy (non-hydrogen) atoms. The fraction of sp³-hybridized carbons (Fsp3) is 0.421. The number of aromatic nitrogens is 1. The van der Waals surface area contributed by atoms with Crippen LogP contribution in [0.2, 0.25) is 0 Å². The molecule has 1 aliphatic carbocycles. The molecule has 1 fully saturated rings. The first kappa shape index (κ1) is 38.9. The van der Waals surface area contributed by atoms with Crippen LogP contribution < -0.4 is 20.3 Å². The highest BCUT2D eigenvalue weighted by molar-refractivity contribution is 9.10. The number of pyridine rings is 1. The molecular weight excluding hydrogens is 746 g/mol. The zero-order chi connectivity index (χ0) is 37.3. The highest BCUT2D eigenvalue weighted by Gasteiger charge is 2.27. The van der Waals surface area contributed by atoms with Gasteiger partial charge in [-0.1, -0.05) is 34.1 Å². The van der Waals surface area contributed by atoms with Crippen LogP contribution in [0.15, 0.2) is 76.3 Å². The summed E-state index contributed by atoms with van der Waals surface area (Å²) in [4.78, 5) is 49.3. The van der Waals surface area contributed by atoms with Crippen molar-refractivity contribution in [1.82, 2.24) is 20.9 Å². The minimum atomic E-state index is -3.84. The quantitative estimate of drug-likeness (QED) is 0.147. The summed E-state index contributed by atoms with van der Waals surface area (Å²) >= 11 is 3.43. The van der Waals surface area contributed by atoms with Crippen molar-refractivity contribution in [2.75, 3.05) is 29.7 Å². The van der Waals surface area contributed by atoms with Gasteiger partial charge in [-0.05, 0) is 93.5 Å². The van der Waals surface area contributed by atoms with E-state index in [0.717, 1.165) is 28.6 Å². The summed E-state index contributed by atoms with van der Waals surface area (Å²) in [5.41, 5.74) is 2.48. The van der Waals surface area contributed by atoms with E-state index in [1.54, 1.807) is 19.2 Å². The number of amides is 2. The van der Waals surface area contributed by atoms with E-state index < -0.39 is 33.9 Å². The third-order valence-electron chi connectivity index (χ3n) is 9.14. The Hall–Kier alpha value is -4.27. The molecule has 2 amide bonds. The molecule has 14 heteroatoms. The Bertz CT molecular complexity index is 1890. The van der Waals surface area contributed by atoms with Crippen LogP contribution in [-0.4, -0.2) is 80.4 Å². The van der Waals surface area contributed by atoms with Crippen molar-refractivity contribution in [3.63, 3.8) is 0 Å². The second kappa shape index (κ2) is 18.0. The maximum absolute atomic E-state index is 14.1. The molecule has 1 aromatic heterocycles. The van der Waals surface area contributed by atoms with Gasteiger partial charge in [0.25, 0.3) is 11.8 Å². The van der Waals surface area contributed by atoms with E-state index in [4.69, 9.17) is 5.41 Å². The van der Waals surface area contributed by atoms with E-state index in [0.29, 0.717) is 37.4 Å². The predicted molar refractivity (Wildman–Crippen MR) is 207 cm³/mol. The number of nitrogens with zero attached hydrogens (tertiary/aromatic N) is 3. The monoisotopic (exact) mass is 791 g/mol. The number of benzene rings is 2. The van der Waals surface area contributed by atoms with E-state index in [9.17, 15) is 22.8 Å². The van der Waals surface area contributed by atoms with Gasteiger partial charge in [0.1, 0.15) is 5.75 Å². The SMILES string of the molecule is C[C@H](NC[C@H](Cc1ccccn1)NC(=O)c1cc(C(=O)N[C@H](C)c2ccc(Br)cc2)cc(N2CCCN=CCS2(=O)=O)c1)C(=O)CC(=N)CC1CC1. The minimum Gasteiger partial charge on any atom is -0.348 e. The number of nitrogens with one attached hydrogen (secondary N) is 4. The average Bonchev–Trinajstić information content (AvgIpc) is 3.93. The van der Waals surface area contributed by atoms with E-state index in [2.05, 4.69) is 41.9 Å². The number of ketones is 1. The molecule has 3 aromatic rings. The highest BCUT2D eigenvalue weighted by Crippen LogP contribution is 2.33. The molecule has 0 saturated heterocycles. The number of hydrogen-bond acceptors (Lipinski definition) is 9. The number of rotatable bonds is 16. The normalized spacial score (nSPS) is 17.2. The number of carbonyl (C=O) groups is 3. The van der Waals surface area contributed by atoms with Crippen LogP contribution in [0.4, 0.5) is 5.69 Å². The van der Waals surface area contributed by atoms with Gasteiger partial charge in [0.05, 0.1) is 17.8 Å². The number of halogens is 1. The lowest BCUT2D eigenvalue weighted by atomic mass is 10.0. The summed E-state index contributed by atoms with van der Waals surface area (Å²) in [6, 6.07) is 16.0. The molecule has 0 unspecified atom stereocenters. The second-order valence-corrected chi connectivity index (χ2v) is 16.4. The molecule has 1 saturated carbocycles. The Morgan fingerprint density at radius 3 is 2.38 bits per heavy atom. The molecular formula is C38H46BrN7O5S. The van der Waals surface area contributed by atoms with Crippen LogP contribution in [-0.2, 0) is 21.2 Å². The number of hydrogen-bond donors (Lipinski definition) is 4. The summed E-state index contributed by atoms with van der Waals surface area (Å²) < 4.78 is 28.9. The summed E-state index contributed by atoms with van der Waals surface area (Å²) in [6.45, 7) is 4.41. The van der Waals surface area contributed by atoms with E-state index in [1.807, 2.05) is 43.3 Å². The van der Waals surface area contributed by atoms with Crippen molar-refractivity contribution in [3.05, 3.63) is 93.7 Å². The van der Waals surface area contributed by atoms with Gasteiger partial charge in [0.15, 0.2) is 5.78 Å². The molecule has 0 bridgehead atoms. The van der Waals surface area contributed by atoms with Crippen molar-refractivity contribution >= 4 is 61.2 Å². The van der Waals surface area contributed by atoms with Gasteiger partial charge in [-0.2, -0.15) is 0 Å². The zero-order valence-corrected chi connectivity index (χ0v) is 31.9. The highest BCUT2D eigenvalue weighted by atomic mass is 79.9. The summed E-state index contributed by atoms with van der Waals surface area (Å²) in [6.07, 6.45) is 6.82. The Kier molecular flexibility index (Phi) is 13.5. The number of carbonyl (C=O) groups excluding carboxylic acids is 3. The predicted octanol–water partition coefficient (Wildman–Crippen LogP) is 5.04. The molecule has 4 N–H and O–H groups in total. The molecule has 0 radical (unpaired) electrons. The fourth-order valence-corrected chi connectivity index (χ4v) is 7.52. The minimum absolute atomic E-state index is 0.0886. The van der Waals surface area contributed by atoms with Crippen LogP contribution in [0.5, 0.6) is 0 Å². The summed E-state index contributed by atoms with van der Waals surface area (Å²) in [5.74, 6) is -0.854. The first-order chi connectivity index (χ1) is 24.9. The maximum Gasteiger partial charge on any atom is 0.251 e. The van der Waals surface area contributed by atoms with Gasteiger partial charge in [-0.3, -0.25) is 28.7 Å². The molecule has 3 atom stereocenters. The Morgan fingerprint density at radius 1 is 1.00 bits per heavy atom. The van der Waals surface area contributed by atoms with Crippen molar-refractivity contribution in [2.24, 2.45) is 10.9 Å². The number of sulfonamides is 1. The Morgan fingerprint density at radius 2 is 1.71 bits per heavy atom. The van der Waals surface area contributed by atoms with Crippen LogP contribution in [0.3, 0.4) is 0 Å². The van der Waals surface area contributed by atoms with Crippen LogP contribution in [0.1, 0.15) is 84.0 Å². The Balaban J connectivity index is 1.39. The van der Waals surface area contributed by atoms with Crippen molar-refractivity contribution in [1.29, 1.82) is 5.41 Å². The number of anilines is 1. The van der Waals surface area contributed by atoms with Crippen LogP contribution in [0.25, 0.3) is 0 Å². The molecule has 276 valence electrons. The molecule has 2 aliphatic rings. The van der Waals surface area contributed by atoms with Gasteiger partial charge in [-0.15, -0.1) is 0 Å². The topological polar surface area (TPSA) is 174 Å². The van der Waals surface area contributed by atoms with Gasteiger partial charge in [-0.25, -0.2) is 8.42 Å². The van der Waals surface area contributed by atoms with Crippen molar-refractivity contribution < 1.29 is 22.8 Å². The lowest BCUT2D eigenvalue weighted by Gasteiger charge is -2.26. The summed E-state index contributed by atoms with van der Waals surface area (Å²) in [5, 5.41) is 17.5. The number of aliphatic imine (C=N–C) groups is 1. The standard InChI is InChI=1S/C38H46BrN7O5S/c1-25(28-9-11-31(39)12-10-28)44-37(48)29-19-30(21-35(20-29)46-16-5-13-41-15-17-52(46,50)51)38(49)45-34(23-33-6-3-4-14-42-33)24-43-26(2)36(47)22-32(40)18-27-7-8-27/h3-4,6,9-12,14-15,19-21,25-27,34,40,43H,5,7-8,13,16-18,22-24H2,1-2H3,(H,44,48)(H,45,49)/t25-,26+,34+/m1/s1. The van der Waals surface area contributed by atoms with Gasteiger partial charge in [0.2, 0.25) is 10.0 Å². The largest absolute Gasteiger partial charge is 0.348 e. The van der Waals surface area contributed by atoms with E-state index in [-0.39, 0.29) is 53.9 Å². The lowest BCUT2D eigenvalue weighted by molar-refractivity contribution is -0.119. The number of Topliss-reactive ketones (excluding diaryl/α,β-unsaturated/α-hetero) is 1. The second-order valence-electron chi connectivity index (χ2n) is 13.5. The first-order valence-electron chi connectivity index (χ1n) is 17.6. The third kappa shape index (κ3) is 11.4. The fourth-order valence-electron chi connectivity index (χ4n) is 5.95. The van der Waals surface area contributed by atoms with E-state index in [1.165, 1.54) is 28.7 Å². The molecule has 5 rings (SSSR count). The maximum atomic E-state index is 14.1.